The summed E-state index contributed by atoms with van der Waals surface area (Å²) in [5, 5.41) is 5.27. The molecule has 0 fully saturated rings. The lowest BCUT2D eigenvalue weighted by molar-refractivity contribution is 0.665. The van der Waals surface area contributed by atoms with Crippen LogP contribution in [-0.4, -0.2) is 9.13 Å². The van der Waals surface area contributed by atoms with Gasteiger partial charge in [-0.25, -0.2) is 0 Å². The van der Waals surface area contributed by atoms with Crippen LogP contribution in [0.2, 0.25) is 0 Å². The van der Waals surface area contributed by atoms with Crippen LogP contribution in [0.3, 0.4) is 0 Å². The summed E-state index contributed by atoms with van der Waals surface area (Å²) in [6, 6.07) is 31.0. The van der Waals surface area contributed by atoms with Crippen molar-refractivity contribution < 1.29 is 0 Å². The molecule has 0 bridgehead atoms. The summed E-state index contributed by atoms with van der Waals surface area (Å²) in [6.07, 6.45) is 4.26. The molecule has 0 amide bonds. The lowest BCUT2D eigenvalue weighted by Gasteiger charge is -2.10. The number of nitrogens with zero attached hydrogens (tertiary/aromatic N) is 2. The lowest BCUT2D eigenvalue weighted by atomic mass is 10.1. The maximum atomic E-state index is 3.92. The van der Waals surface area contributed by atoms with Gasteiger partial charge >= 0.3 is 0 Å². The summed E-state index contributed by atoms with van der Waals surface area (Å²) in [6.45, 7) is 7.22. The van der Waals surface area contributed by atoms with Crippen LogP contribution in [0.4, 0.5) is 0 Å². The fraction of sp³-hybridized carbons (Fsp3) is 0.133. The van der Waals surface area contributed by atoms with E-state index in [1.54, 1.807) is 0 Å². The molecule has 0 saturated heterocycles. The highest BCUT2D eigenvalue weighted by atomic mass is 15.0. The molecule has 0 aliphatic carbocycles. The molecule has 0 saturated carbocycles. The zero-order valence-electron chi connectivity index (χ0n) is 18.4. The van der Waals surface area contributed by atoms with Crippen molar-refractivity contribution in [3.8, 4) is 5.69 Å². The Morgan fingerprint density at radius 3 is 2.19 bits per heavy atom. The summed E-state index contributed by atoms with van der Waals surface area (Å²) in [5.41, 5.74) is 7.49. The molecule has 2 aromatic heterocycles. The molecular formula is C30H26N2. The van der Waals surface area contributed by atoms with Crippen molar-refractivity contribution in [1.29, 1.82) is 0 Å². The summed E-state index contributed by atoms with van der Waals surface area (Å²) in [4.78, 5) is 0. The average molecular weight is 415 g/mol. The highest BCUT2D eigenvalue weighted by Gasteiger charge is 2.19. The minimum atomic E-state index is 1.04. The number of para-hydroxylation sites is 2. The molecule has 0 aliphatic heterocycles. The number of hydrogen-bond acceptors (Lipinski definition) is 0. The Bertz CT molecular complexity index is 1610. The maximum absolute atomic E-state index is 3.92. The molecule has 4 aromatic carbocycles. The first kappa shape index (κ1) is 18.9. The smallest absolute Gasteiger partial charge is 0.0641 e. The zero-order valence-corrected chi connectivity index (χ0v) is 18.4. The molecule has 0 atom stereocenters. The largest absolute Gasteiger partial charge is 0.340 e. The second kappa shape index (κ2) is 7.42. The van der Waals surface area contributed by atoms with Gasteiger partial charge < -0.3 is 9.13 Å². The summed E-state index contributed by atoms with van der Waals surface area (Å²) in [7, 11) is 0. The van der Waals surface area contributed by atoms with Crippen molar-refractivity contribution in [2.75, 3.05) is 0 Å². The Hall–Kier alpha value is -3.78. The van der Waals surface area contributed by atoms with Crippen molar-refractivity contribution in [2.24, 2.45) is 0 Å². The van der Waals surface area contributed by atoms with Crippen LogP contribution in [0.15, 0.2) is 91.5 Å². The topological polar surface area (TPSA) is 9.86 Å². The molecule has 156 valence electrons. The predicted octanol–water partition coefficient (Wildman–Crippen LogP) is 8.33. The number of unbranched alkanes of at least 4 members (excludes halogenated alkanes) is 1. The van der Waals surface area contributed by atoms with Gasteiger partial charge in [0.15, 0.2) is 0 Å². The molecule has 2 heterocycles. The molecule has 0 N–H and O–H groups in total. The lowest BCUT2D eigenvalue weighted by Crippen LogP contribution is -1.97. The third-order valence-corrected chi connectivity index (χ3v) is 6.69. The Morgan fingerprint density at radius 1 is 0.719 bits per heavy atom. The highest BCUT2D eigenvalue weighted by Crippen LogP contribution is 2.40. The quantitative estimate of drug-likeness (QED) is 0.268. The molecule has 0 unspecified atom stereocenters. The Morgan fingerprint density at radius 2 is 1.44 bits per heavy atom. The minimum Gasteiger partial charge on any atom is -0.340 e. The van der Waals surface area contributed by atoms with Crippen molar-refractivity contribution in [2.45, 2.75) is 26.3 Å². The van der Waals surface area contributed by atoms with Crippen LogP contribution in [0.1, 0.15) is 25.3 Å². The van der Waals surface area contributed by atoms with E-state index in [0.29, 0.717) is 0 Å². The second-order valence-corrected chi connectivity index (χ2v) is 8.53. The van der Waals surface area contributed by atoms with Gasteiger partial charge in [-0.15, -0.1) is 0 Å². The van der Waals surface area contributed by atoms with Gasteiger partial charge in [-0.2, -0.15) is 0 Å². The monoisotopic (exact) mass is 414 g/mol. The summed E-state index contributed by atoms with van der Waals surface area (Å²) >= 11 is 0. The van der Waals surface area contributed by atoms with E-state index >= 15 is 0 Å². The van der Waals surface area contributed by atoms with Crippen LogP contribution in [0.5, 0.6) is 0 Å². The van der Waals surface area contributed by atoms with E-state index < -0.39 is 0 Å². The third kappa shape index (κ3) is 2.66. The number of aromatic nitrogens is 2. The fourth-order valence-corrected chi connectivity index (χ4v) is 5.17. The maximum Gasteiger partial charge on any atom is 0.0641 e. The fourth-order valence-electron chi connectivity index (χ4n) is 5.17. The van der Waals surface area contributed by atoms with Crippen LogP contribution in [0, 0.1) is 0 Å². The summed E-state index contributed by atoms with van der Waals surface area (Å²) < 4.78 is 4.95. The van der Waals surface area contributed by atoms with E-state index in [1.165, 1.54) is 62.1 Å². The van der Waals surface area contributed by atoms with E-state index in [-0.39, 0.29) is 0 Å². The van der Waals surface area contributed by atoms with Gasteiger partial charge in [0.1, 0.15) is 0 Å². The minimum absolute atomic E-state index is 1.04. The first-order valence-corrected chi connectivity index (χ1v) is 11.5. The van der Waals surface area contributed by atoms with E-state index in [4.69, 9.17) is 0 Å². The molecule has 2 nitrogen and oxygen atoms in total. The van der Waals surface area contributed by atoms with E-state index in [2.05, 4.69) is 108 Å². The van der Waals surface area contributed by atoms with Gasteiger partial charge in [0.05, 0.1) is 16.6 Å². The molecule has 2 heteroatoms. The van der Waals surface area contributed by atoms with Crippen molar-refractivity contribution in [1.82, 2.24) is 9.13 Å². The van der Waals surface area contributed by atoms with Gasteiger partial charge in [0.25, 0.3) is 0 Å². The van der Waals surface area contributed by atoms with Gasteiger partial charge in [-0.1, -0.05) is 80.6 Å². The normalized spacial score (nSPS) is 11.8. The van der Waals surface area contributed by atoms with Crippen LogP contribution >= 0.6 is 0 Å². The molecule has 0 radical (unpaired) electrons. The van der Waals surface area contributed by atoms with E-state index in [1.807, 2.05) is 6.08 Å². The summed E-state index contributed by atoms with van der Waals surface area (Å²) in [5.74, 6) is 0. The van der Waals surface area contributed by atoms with Crippen molar-refractivity contribution >= 4 is 49.7 Å². The van der Waals surface area contributed by atoms with Crippen molar-refractivity contribution in [3.05, 3.63) is 97.1 Å². The van der Waals surface area contributed by atoms with E-state index in [0.717, 1.165) is 12.1 Å². The molecule has 6 aromatic rings. The first-order chi connectivity index (χ1) is 15.8. The number of rotatable bonds is 5. The molecule has 0 spiro atoms. The van der Waals surface area contributed by atoms with Crippen LogP contribution < -0.4 is 0 Å². The zero-order chi connectivity index (χ0) is 21.7. The Labute approximate surface area is 188 Å². The first-order valence-electron chi connectivity index (χ1n) is 11.5. The van der Waals surface area contributed by atoms with Gasteiger partial charge in [-0.05, 0) is 42.3 Å². The molecule has 6 rings (SSSR count). The van der Waals surface area contributed by atoms with Gasteiger partial charge in [-0.3, -0.25) is 0 Å². The molecule has 0 aliphatic rings. The number of fused-ring (bicyclic) bond motifs is 7. The number of benzene rings is 4. The van der Waals surface area contributed by atoms with Crippen LogP contribution in [0.25, 0.3) is 55.4 Å². The van der Waals surface area contributed by atoms with Crippen molar-refractivity contribution in [3.63, 3.8) is 0 Å². The highest BCUT2D eigenvalue weighted by molar-refractivity contribution is 6.25. The SMILES string of the molecule is C=Cc1ccc(-n2c3ccccc3c3ccc4c(c5ccccc5n4CCCC)c32)cc1. The Kier molecular flexibility index (Phi) is 4.39. The second-order valence-electron chi connectivity index (χ2n) is 8.53. The van der Waals surface area contributed by atoms with E-state index in [9.17, 15) is 0 Å². The van der Waals surface area contributed by atoms with Gasteiger partial charge in [0, 0.05) is 39.3 Å². The van der Waals surface area contributed by atoms with Gasteiger partial charge in [0.2, 0.25) is 0 Å². The molecular weight excluding hydrogens is 388 g/mol. The third-order valence-electron chi connectivity index (χ3n) is 6.69. The number of hydrogen-bond donors (Lipinski definition) is 0. The predicted molar refractivity (Wildman–Crippen MR) is 139 cm³/mol. The van der Waals surface area contributed by atoms with Crippen LogP contribution in [-0.2, 0) is 6.54 Å². The Balaban J connectivity index is 1.82. The standard InChI is InChI=1S/C30H26N2/c1-3-5-20-31-26-12-8-7-11-25(26)29-28(31)19-18-24-23-10-6-9-13-27(23)32(30(24)29)22-16-14-21(4-2)15-17-22/h4,6-19H,2-3,5,20H2,1H3. The molecule has 32 heavy (non-hydrogen) atoms. The number of aryl methyl sites for hydroxylation is 1. The average Bonchev–Trinajstić information content (AvgIpc) is 3.35.